The number of benzene rings is 12. The van der Waals surface area contributed by atoms with Crippen molar-refractivity contribution in [2.45, 2.75) is 38.9 Å². The van der Waals surface area contributed by atoms with Crippen LogP contribution in [0.4, 0.5) is 0 Å². The van der Waals surface area contributed by atoms with E-state index >= 15 is 0 Å². The molecule has 0 spiro atoms. The van der Waals surface area contributed by atoms with E-state index in [1.165, 1.54) is 0 Å². The summed E-state index contributed by atoms with van der Waals surface area (Å²) in [4.78, 5) is 48.1. The first-order chi connectivity index (χ1) is 52.9. The summed E-state index contributed by atoms with van der Waals surface area (Å²) >= 11 is 5.99. The summed E-state index contributed by atoms with van der Waals surface area (Å²) in [6.07, 6.45) is 0. The maximum absolute atomic E-state index is 6.52. The molecule has 19 rings (SSSR count). The van der Waals surface area contributed by atoms with Gasteiger partial charge in [-0.05, 0) is 87.2 Å². The standard InChI is InChI=1S/C43H27N5O.C34H29BN2O3.C15H10ClN3/c1-5-15-28(16-6-1)35-27-36(45-40(44-35)29-17-7-2-8-18-29)34-25-32(26-38-39(34)33-23-13-14-24-37(33)49-38)43-47-41(30-19-9-3-10-20-30)46-42(48-43)31-21-11-4-12-22-31;1-33(2)34(3,4)40-35(39-33)24-19-26(31-25-17-11-12-18-29(25)38-30(31)20-24)28-21-27(22-13-7-5-8-14-22)36-32(37-28)23-15-9-6-10-16-23;16-15-18-13(11-7-3-1-4-8-11)17-14(19-15)12-9-5-2-6-10-12/h1-27H;5-21H,1-4H3;1-10H. The first-order valence-corrected chi connectivity index (χ1v) is 35.9. The third kappa shape index (κ3) is 14.0. The normalized spacial score (nSPS) is 12.9. The molecule has 0 bridgehead atoms. The molecule has 1 aliphatic rings. The Morgan fingerprint density at radius 2 is 0.528 bits per heavy atom. The van der Waals surface area contributed by atoms with Crippen LogP contribution in [0, 0.1) is 0 Å². The van der Waals surface area contributed by atoms with Gasteiger partial charge in [0.15, 0.2) is 40.8 Å². The second-order valence-electron chi connectivity index (χ2n) is 27.0. The zero-order valence-electron chi connectivity index (χ0n) is 59.2. The third-order valence-electron chi connectivity index (χ3n) is 19.3. The maximum Gasteiger partial charge on any atom is 0.494 e. The van der Waals surface area contributed by atoms with Gasteiger partial charge in [0.2, 0.25) is 5.28 Å². The molecule has 108 heavy (non-hydrogen) atoms. The predicted molar refractivity (Wildman–Crippen MR) is 432 cm³/mol. The summed E-state index contributed by atoms with van der Waals surface area (Å²) in [6, 6.07) is 109. The average molecular weight is 1420 g/mol. The van der Waals surface area contributed by atoms with E-state index in [-0.39, 0.29) is 5.28 Å². The van der Waals surface area contributed by atoms with E-state index in [1.807, 2.05) is 267 Å². The average Bonchev–Trinajstić information content (AvgIpc) is 1.53. The molecule has 0 N–H and O–H groups in total. The molecule has 16 heteroatoms. The number of nitrogens with zero attached hydrogens (tertiary/aromatic N) is 10. The Morgan fingerprint density at radius 3 is 0.889 bits per heavy atom. The van der Waals surface area contributed by atoms with Crippen LogP contribution in [0.25, 0.3) is 169 Å². The molecule has 14 nitrogen and oxygen atoms in total. The highest BCUT2D eigenvalue weighted by atomic mass is 35.5. The lowest BCUT2D eigenvalue weighted by Crippen LogP contribution is -2.41. The van der Waals surface area contributed by atoms with Gasteiger partial charge in [-0.15, -0.1) is 0 Å². The van der Waals surface area contributed by atoms with Crippen LogP contribution in [0.5, 0.6) is 0 Å². The first-order valence-electron chi connectivity index (χ1n) is 35.6. The van der Waals surface area contributed by atoms with E-state index < -0.39 is 18.3 Å². The van der Waals surface area contributed by atoms with Crippen molar-refractivity contribution in [2.24, 2.45) is 0 Å². The Balaban J connectivity index is 0.000000129. The van der Waals surface area contributed by atoms with E-state index in [2.05, 4.69) is 103 Å². The fourth-order valence-electron chi connectivity index (χ4n) is 13.2. The molecule has 0 radical (unpaired) electrons. The number of rotatable bonds is 12. The van der Waals surface area contributed by atoms with E-state index in [1.54, 1.807) is 0 Å². The van der Waals surface area contributed by atoms with Gasteiger partial charge in [0.25, 0.3) is 0 Å². The molecule has 1 aliphatic heterocycles. The maximum atomic E-state index is 6.52. The highest BCUT2D eigenvalue weighted by Crippen LogP contribution is 2.43. The van der Waals surface area contributed by atoms with Crippen LogP contribution in [-0.4, -0.2) is 68.2 Å². The molecular formula is C92H66BClN10O4. The van der Waals surface area contributed by atoms with Gasteiger partial charge in [0.1, 0.15) is 22.3 Å². The third-order valence-corrected chi connectivity index (χ3v) is 19.5. The van der Waals surface area contributed by atoms with Crippen molar-refractivity contribution in [1.29, 1.82) is 0 Å². The van der Waals surface area contributed by atoms with Crippen molar-refractivity contribution in [3.63, 3.8) is 0 Å². The summed E-state index contributed by atoms with van der Waals surface area (Å²) in [5.41, 5.74) is 16.5. The van der Waals surface area contributed by atoms with Gasteiger partial charge in [-0.3, -0.25) is 0 Å². The van der Waals surface area contributed by atoms with Gasteiger partial charge in [-0.25, -0.2) is 39.9 Å². The topological polar surface area (TPSA) is 174 Å². The van der Waals surface area contributed by atoms with Crippen LogP contribution < -0.4 is 5.46 Å². The van der Waals surface area contributed by atoms with E-state index in [0.717, 1.165) is 133 Å². The molecule has 18 aromatic rings. The minimum Gasteiger partial charge on any atom is -0.456 e. The number of hydrogen-bond donors (Lipinski definition) is 0. The minimum absolute atomic E-state index is 0.202. The number of para-hydroxylation sites is 2. The van der Waals surface area contributed by atoms with E-state index in [4.69, 9.17) is 64.6 Å². The van der Waals surface area contributed by atoms with Gasteiger partial charge >= 0.3 is 7.12 Å². The fourth-order valence-corrected chi connectivity index (χ4v) is 13.4. The van der Waals surface area contributed by atoms with Crippen molar-refractivity contribution < 1.29 is 18.1 Å². The summed E-state index contributed by atoms with van der Waals surface area (Å²) in [5, 5.41) is 4.22. The van der Waals surface area contributed by atoms with Crippen LogP contribution >= 0.6 is 11.6 Å². The molecule has 7 heterocycles. The van der Waals surface area contributed by atoms with Gasteiger partial charge in [0.05, 0.1) is 34.0 Å². The van der Waals surface area contributed by atoms with Crippen LogP contribution in [-0.2, 0) is 9.31 Å². The zero-order chi connectivity index (χ0) is 73.1. The SMILES string of the molecule is CC1(C)OB(c2cc(-c3cc(-c4ccccc4)nc(-c4ccccc4)n3)c3c(c2)oc2ccccc23)OC1(C)C.Clc1nc(-c2ccccc2)nc(-c2ccccc2)n1.c1ccc(-c2cc(-c3cc(-c4nc(-c5ccccc5)nc(-c5ccccc5)n4)cc4oc5ccccc5c34)nc(-c3ccccc3)n2)cc1. The van der Waals surface area contributed by atoms with Crippen molar-refractivity contribution in [1.82, 2.24) is 49.8 Å². The van der Waals surface area contributed by atoms with E-state index in [0.29, 0.717) is 40.8 Å². The summed E-state index contributed by atoms with van der Waals surface area (Å²) in [6.45, 7) is 8.26. The molecule has 0 unspecified atom stereocenters. The molecule has 6 aromatic heterocycles. The van der Waals surface area contributed by atoms with Gasteiger partial charge in [-0.1, -0.05) is 285 Å². The Bertz CT molecular complexity index is 6020. The van der Waals surface area contributed by atoms with Gasteiger partial charge < -0.3 is 18.1 Å². The highest BCUT2D eigenvalue weighted by molar-refractivity contribution is 6.62. The molecule has 0 aliphatic carbocycles. The van der Waals surface area contributed by atoms with Crippen LogP contribution in [0.15, 0.2) is 336 Å². The number of halogens is 1. The summed E-state index contributed by atoms with van der Waals surface area (Å²) in [5.74, 6) is 4.20. The molecule has 0 amide bonds. The Labute approximate surface area is 628 Å². The molecule has 0 atom stereocenters. The monoisotopic (exact) mass is 1420 g/mol. The number of furan rings is 2. The lowest BCUT2D eigenvalue weighted by molar-refractivity contribution is 0.00578. The number of fused-ring (bicyclic) bond motifs is 6. The number of hydrogen-bond acceptors (Lipinski definition) is 14. The van der Waals surface area contributed by atoms with Crippen molar-refractivity contribution in [3.8, 4) is 125 Å². The Morgan fingerprint density at radius 1 is 0.250 bits per heavy atom. The fraction of sp³-hybridized carbons (Fsp3) is 0.0652. The van der Waals surface area contributed by atoms with Gasteiger partial charge in [0, 0.05) is 82.7 Å². The molecule has 1 saturated heterocycles. The smallest absolute Gasteiger partial charge is 0.456 e. The van der Waals surface area contributed by atoms with Gasteiger partial charge in [-0.2, -0.15) is 9.97 Å². The predicted octanol–water partition coefficient (Wildman–Crippen LogP) is 22.1. The Hall–Kier alpha value is -13.3. The summed E-state index contributed by atoms with van der Waals surface area (Å²) < 4.78 is 25.8. The van der Waals surface area contributed by atoms with Crippen molar-refractivity contribution in [2.75, 3.05) is 0 Å². The lowest BCUT2D eigenvalue weighted by Gasteiger charge is -2.32. The quantitative estimate of drug-likeness (QED) is 0.106. The largest absolute Gasteiger partial charge is 0.494 e. The van der Waals surface area contributed by atoms with Crippen LogP contribution in [0.2, 0.25) is 5.28 Å². The zero-order valence-corrected chi connectivity index (χ0v) is 60.0. The molecular weight excluding hydrogens is 1360 g/mol. The molecule has 0 saturated carbocycles. The molecule has 12 aromatic carbocycles. The highest BCUT2D eigenvalue weighted by Gasteiger charge is 2.52. The van der Waals surface area contributed by atoms with Crippen LogP contribution in [0.3, 0.4) is 0 Å². The van der Waals surface area contributed by atoms with Crippen LogP contribution in [0.1, 0.15) is 27.7 Å². The number of aromatic nitrogens is 10. The second-order valence-corrected chi connectivity index (χ2v) is 27.4. The lowest BCUT2D eigenvalue weighted by atomic mass is 9.77. The minimum atomic E-state index is -0.537. The summed E-state index contributed by atoms with van der Waals surface area (Å²) in [7, 11) is -0.537. The second kappa shape index (κ2) is 29.3. The van der Waals surface area contributed by atoms with Crippen molar-refractivity contribution in [3.05, 3.63) is 333 Å². The van der Waals surface area contributed by atoms with E-state index in [9.17, 15) is 0 Å². The molecule has 1 fully saturated rings. The van der Waals surface area contributed by atoms with Crippen molar-refractivity contribution >= 4 is 68.1 Å². The first kappa shape index (κ1) is 67.8. The Kier molecular flexibility index (Phi) is 18.4. The molecule has 518 valence electrons.